The second-order valence-corrected chi connectivity index (χ2v) is 4.02. The minimum Gasteiger partial charge on any atom is -0.387 e. The molecule has 4 nitrogen and oxygen atoms in total. The molecule has 1 aromatic carbocycles. The fourth-order valence-corrected chi connectivity index (χ4v) is 1.50. The van der Waals surface area contributed by atoms with Gasteiger partial charge in [-0.2, -0.15) is 0 Å². The number of aliphatic hydroxyl groups excluding tert-OH is 1. The zero-order chi connectivity index (χ0) is 13.4. The summed E-state index contributed by atoms with van der Waals surface area (Å²) in [5.74, 6) is -0.570. The second kappa shape index (κ2) is 7.79. The number of aliphatic hydroxyl groups is 1. The molecule has 0 fully saturated rings. The molecule has 0 aromatic heterocycles. The first kappa shape index (κ1) is 14.6. The smallest absolute Gasteiger partial charge is 0.233 e. The maximum atomic E-state index is 13.3. The largest absolute Gasteiger partial charge is 0.387 e. The number of hydrogen-bond acceptors (Lipinski definition) is 3. The van der Waals surface area contributed by atoms with Gasteiger partial charge in [0.25, 0.3) is 0 Å². The first-order valence-corrected chi connectivity index (χ1v) is 6.05. The Morgan fingerprint density at radius 2 is 2.17 bits per heavy atom. The van der Waals surface area contributed by atoms with E-state index in [4.69, 9.17) is 0 Å². The van der Waals surface area contributed by atoms with Gasteiger partial charge >= 0.3 is 0 Å². The van der Waals surface area contributed by atoms with Gasteiger partial charge in [0, 0.05) is 18.7 Å². The van der Waals surface area contributed by atoms with Crippen LogP contribution >= 0.6 is 0 Å². The van der Waals surface area contributed by atoms with Crippen LogP contribution in [-0.4, -0.2) is 30.6 Å². The highest BCUT2D eigenvalue weighted by Gasteiger charge is 2.11. The van der Waals surface area contributed by atoms with Crippen molar-refractivity contribution in [3.8, 4) is 0 Å². The van der Waals surface area contributed by atoms with Crippen LogP contribution in [-0.2, 0) is 4.79 Å². The van der Waals surface area contributed by atoms with Gasteiger partial charge in [0.1, 0.15) is 5.82 Å². The molecule has 3 N–H and O–H groups in total. The van der Waals surface area contributed by atoms with Gasteiger partial charge in [-0.15, -0.1) is 0 Å². The first-order chi connectivity index (χ1) is 8.65. The van der Waals surface area contributed by atoms with E-state index in [1.807, 2.05) is 6.92 Å². The maximum Gasteiger partial charge on any atom is 0.233 e. The molecular weight excluding hydrogens is 235 g/mol. The third-order valence-corrected chi connectivity index (χ3v) is 2.46. The Morgan fingerprint density at radius 3 is 2.83 bits per heavy atom. The molecule has 100 valence electrons. The molecule has 0 aliphatic rings. The van der Waals surface area contributed by atoms with Crippen LogP contribution in [0.5, 0.6) is 0 Å². The third-order valence-electron chi connectivity index (χ3n) is 2.46. The topological polar surface area (TPSA) is 61.4 Å². The van der Waals surface area contributed by atoms with Crippen molar-refractivity contribution >= 4 is 5.91 Å². The fourth-order valence-electron chi connectivity index (χ4n) is 1.50. The molecule has 0 bridgehead atoms. The Bertz CT molecular complexity index is 385. The van der Waals surface area contributed by atoms with Crippen LogP contribution < -0.4 is 10.6 Å². The zero-order valence-electron chi connectivity index (χ0n) is 10.4. The summed E-state index contributed by atoms with van der Waals surface area (Å²) >= 11 is 0. The van der Waals surface area contributed by atoms with Crippen LogP contribution in [0.3, 0.4) is 0 Å². The number of amides is 1. The molecule has 1 unspecified atom stereocenters. The van der Waals surface area contributed by atoms with Crippen LogP contribution in [0.25, 0.3) is 0 Å². The van der Waals surface area contributed by atoms with E-state index in [1.165, 1.54) is 12.1 Å². The average molecular weight is 254 g/mol. The summed E-state index contributed by atoms with van der Waals surface area (Å²) in [5.41, 5.74) is 0.235. The summed E-state index contributed by atoms with van der Waals surface area (Å²) in [6.45, 7) is 2.86. The monoisotopic (exact) mass is 254 g/mol. The Hall–Kier alpha value is -1.46. The van der Waals surface area contributed by atoms with Gasteiger partial charge in [0.2, 0.25) is 5.91 Å². The van der Waals surface area contributed by atoms with Crippen molar-refractivity contribution in [3.05, 3.63) is 35.6 Å². The zero-order valence-corrected chi connectivity index (χ0v) is 10.4. The number of hydrogen-bond donors (Lipinski definition) is 3. The van der Waals surface area contributed by atoms with Crippen LogP contribution in [0.15, 0.2) is 24.3 Å². The lowest BCUT2D eigenvalue weighted by molar-refractivity contribution is -0.120. The van der Waals surface area contributed by atoms with Gasteiger partial charge in [0.15, 0.2) is 0 Å². The predicted octanol–water partition coefficient (Wildman–Crippen LogP) is 0.975. The molecule has 0 aliphatic heterocycles. The lowest BCUT2D eigenvalue weighted by Crippen LogP contribution is -2.36. The molecule has 1 aromatic rings. The molecule has 0 heterocycles. The van der Waals surface area contributed by atoms with Crippen molar-refractivity contribution in [2.45, 2.75) is 19.4 Å². The van der Waals surface area contributed by atoms with Crippen LogP contribution in [0.4, 0.5) is 4.39 Å². The molecule has 0 spiro atoms. The van der Waals surface area contributed by atoms with E-state index in [0.717, 1.165) is 6.42 Å². The van der Waals surface area contributed by atoms with Crippen molar-refractivity contribution < 1.29 is 14.3 Å². The number of rotatable bonds is 7. The maximum absolute atomic E-state index is 13.3. The number of carbonyl (C=O) groups is 1. The lowest BCUT2D eigenvalue weighted by Gasteiger charge is -2.12. The van der Waals surface area contributed by atoms with Gasteiger partial charge < -0.3 is 15.7 Å². The number of carbonyl (C=O) groups excluding carboxylic acids is 1. The quantitative estimate of drug-likeness (QED) is 0.679. The molecule has 0 saturated heterocycles. The highest BCUT2D eigenvalue weighted by Crippen LogP contribution is 2.15. The van der Waals surface area contributed by atoms with Crippen molar-refractivity contribution in [2.24, 2.45) is 0 Å². The fraction of sp³-hybridized carbons (Fsp3) is 0.462. The third kappa shape index (κ3) is 4.81. The number of halogens is 1. The summed E-state index contributed by atoms with van der Waals surface area (Å²) in [6.07, 6.45) is -0.0750. The van der Waals surface area contributed by atoms with E-state index in [0.29, 0.717) is 6.54 Å². The Labute approximate surface area is 106 Å². The first-order valence-electron chi connectivity index (χ1n) is 6.05. The van der Waals surface area contributed by atoms with Crippen molar-refractivity contribution in [1.29, 1.82) is 0 Å². The SMILES string of the molecule is CCCNC(=O)CNCC(O)c1ccccc1F. The highest BCUT2D eigenvalue weighted by molar-refractivity contribution is 5.77. The van der Waals surface area contributed by atoms with E-state index < -0.39 is 11.9 Å². The molecule has 0 radical (unpaired) electrons. The standard InChI is InChI=1S/C13H19FN2O2/c1-2-7-16-13(18)9-15-8-12(17)10-5-3-4-6-11(10)14/h3-6,12,15,17H,2,7-9H2,1H3,(H,16,18). The van der Waals surface area contributed by atoms with Crippen molar-refractivity contribution in [1.82, 2.24) is 10.6 Å². The minimum absolute atomic E-state index is 0.117. The molecule has 18 heavy (non-hydrogen) atoms. The van der Waals surface area contributed by atoms with E-state index in [2.05, 4.69) is 10.6 Å². The van der Waals surface area contributed by atoms with Gasteiger partial charge in [-0.3, -0.25) is 4.79 Å². The Balaban J connectivity index is 2.31. The normalized spacial score (nSPS) is 12.2. The van der Waals surface area contributed by atoms with Gasteiger partial charge in [-0.25, -0.2) is 4.39 Å². The van der Waals surface area contributed by atoms with Gasteiger partial charge in [-0.05, 0) is 12.5 Å². The van der Waals surface area contributed by atoms with E-state index in [9.17, 15) is 14.3 Å². The predicted molar refractivity (Wildman–Crippen MR) is 67.5 cm³/mol. The van der Waals surface area contributed by atoms with Crippen LogP contribution in [0.2, 0.25) is 0 Å². The van der Waals surface area contributed by atoms with Crippen molar-refractivity contribution in [2.75, 3.05) is 19.6 Å². The van der Waals surface area contributed by atoms with Crippen LogP contribution in [0.1, 0.15) is 25.0 Å². The molecule has 1 atom stereocenters. The average Bonchev–Trinajstić information content (AvgIpc) is 2.36. The van der Waals surface area contributed by atoms with Gasteiger partial charge in [-0.1, -0.05) is 25.1 Å². The summed E-state index contributed by atoms with van der Waals surface area (Å²) in [6, 6.07) is 6.05. The summed E-state index contributed by atoms with van der Waals surface area (Å²) in [4.78, 5) is 11.3. The van der Waals surface area contributed by atoms with Crippen molar-refractivity contribution in [3.63, 3.8) is 0 Å². The molecule has 1 rings (SSSR count). The Kier molecular flexibility index (Phi) is 6.32. The van der Waals surface area contributed by atoms with Crippen LogP contribution in [0, 0.1) is 5.82 Å². The Morgan fingerprint density at radius 1 is 1.44 bits per heavy atom. The molecule has 5 heteroatoms. The summed E-state index contributed by atoms with van der Waals surface area (Å²) < 4.78 is 13.3. The van der Waals surface area contributed by atoms with E-state index in [-0.39, 0.29) is 24.6 Å². The minimum atomic E-state index is -0.954. The van der Waals surface area contributed by atoms with E-state index in [1.54, 1.807) is 12.1 Å². The molecule has 0 aliphatic carbocycles. The summed E-state index contributed by atoms with van der Waals surface area (Å²) in [5, 5.41) is 15.2. The highest BCUT2D eigenvalue weighted by atomic mass is 19.1. The molecular formula is C13H19FN2O2. The molecule has 0 saturated carbocycles. The lowest BCUT2D eigenvalue weighted by atomic mass is 10.1. The second-order valence-electron chi connectivity index (χ2n) is 4.02. The number of nitrogens with one attached hydrogen (secondary N) is 2. The number of benzene rings is 1. The van der Waals surface area contributed by atoms with Gasteiger partial charge in [0.05, 0.1) is 12.6 Å². The summed E-state index contributed by atoms with van der Waals surface area (Å²) in [7, 11) is 0. The molecule has 1 amide bonds. The van der Waals surface area contributed by atoms with E-state index >= 15 is 0 Å².